The number of hydrogen-bond acceptors (Lipinski definition) is 5. The van der Waals surface area contributed by atoms with Crippen LogP contribution < -0.4 is 14.8 Å². The average molecular weight is 347 g/mol. The van der Waals surface area contributed by atoms with Crippen LogP contribution in [0.25, 0.3) is 0 Å². The second-order valence-electron chi connectivity index (χ2n) is 6.07. The van der Waals surface area contributed by atoms with Gasteiger partial charge in [-0.1, -0.05) is 12.1 Å². The Bertz CT molecular complexity index is 609. The highest BCUT2D eigenvalue weighted by molar-refractivity contribution is 7.09. The maximum absolute atomic E-state index is 5.88. The molecule has 1 aromatic carbocycles. The maximum atomic E-state index is 5.88. The number of nitrogens with one attached hydrogen (secondary N) is 1. The van der Waals surface area contributed by atoms with Gasteiger partial charge in [0, 0.05) is 24.6 Å². The second-order valence-corrected chi connectivity index (χ2v) is 7.10. The summed E-state index contributed by atoms with van der Waals surface area (Å²) >= 11 is 1.70. The van der Waals surface area contributed by atoms with Crippen LogP contribution in [0.1, 0.15) is 23.3 Å². The summed E-state index contributed by atoms with van der Waals surface area (Å²) in [5.74, 6) is 2.20. The van der Waals surface area contributed by atoms with Crippen molar-refractivity contribution < 1.29 is 14.2 Å². The number of ether oxygens (including phenoxy) is 3. The standard InChI is InChI=1S/C19H25NO3S/c1-21-19-10-15(11-20-12-16-4-2-8-22-13-16)6-7-18(19)23-14-17-5-3-9-24-17/h3,5-7,9-10,16,20H,2,4,8,11-14H2,1H3. The molecule has 1 saturated heterocycles. The smallest absolute Gasteiger partial charge is 0.161 e. The lowest BCUT2D eigenvalue weighted by molar-refractivity contribution is 0.0547. The van der Waals surface area contributed by atoms with Crippen LogP contribution in [0.2, 0.25) is 0 Å². The molecular weight excluding hydrogens is 322 g/mol. The van der Waals surface area contributed by atoms with Crippen LogP contribution in [0.4, 0.5) is 0 Å². The zero-order valence-electron chi connectivity index (χ0n) is 14.1. The van der Waals surface area contributed by atoms with Crippen molar-refractivity contribution in [3.63, 3.8) is 0 Å². The van der Waals surface area contributed by atoms with Crippen LogP contribution in [0.15, 0.2) is 35.7 Å². The predicted octanol–water partition coefficient (Wildman–Crippen LogP) is 3.85. The van der Waals surface area contributed by atoms with Gasteiger partial charge in [-0.2, -0.15) is 0 Å². The van der Waals surface area contributed by atoms with Crippen LogP contribution in [-0.4, -0.2) is 26.9 Å². The van der Waals surface area contributed by atoms with Gasteiger partial charge in [-0.05, 0) is 47.9 Å². The van der Waals surface area contributed by atoms with Crippen molar-refractivity contribution in [1.29, 1.82) is 0 Å². The van der Waals surface area contributed by atoms with Crippen LogP contribution >= 0.6 is 11.3 Å². The van der Waals surface area contributed by atoms with Gasteiger partial charge in [0.15, 0.2) is 11.5 Å². The lowest BCUT2D eigenvalue weighted by Crippen LogP contribution is -2.28. The highest BCUT2D eigenvalue weighted by atomic mass is 32.1. The molecule has 5 heteroatoms. The van der Waals surface area contributed by atoms with E-state index < -0.39 is 0 Å². The van der Waals surface area contributed by atoms with E-state index in [2.05, 4.69) is 22.8 Å². The van der Waals surface area contributed by atoms with E-state index in [-0.39, 0.29) is 0 Å². The Balaban J connectivity index is 1.51. The molecule has 2 aromatic rings. The van der Waals surface area contributed by atoms with Crippen LogP contribution in [0.5, 0.6) is 11.5 Å². The Kier molecular flexibility index (Phi) is 6.52. The first kappa shape index (κ1) is 17.3. The molecule has 24 heavy (non-hydrogen) atoms. The molecule has 1 N–H and O–H groups in total. The predicted molar refractivity (Wildman–Crippen MR) is 96.9 cm³/mol. The van der Waals surface area contributed by atoms with Crippen molar-refractivity contribution in [3.8, 4) is 11.5 Å². The fourth-order valence-corrected chi connectivity index (χ4v) is 3.49. The zero-order chi connectivity index (χ0) is 16.6. The van der Waals surface area contributed by atoms with Crippen LogP contribution in [0, 0.1) is 5.92 Å². The molecule has 1 aliphatic heterocycles. The van der Waals surface area contributed by atoms with Crippen molar-refractivity contribution >= 4 is 11.3 Å². The van der Waals surface area contributed by atoms with E-state index in [9.17, 15) is 0 Å². The Morgan fingerprint density at radius 1 is 1.29 bits per heavy atom. The third-order valence-electron chi connectivity index (χ3n) is 4.19. The number of methoxy groups -OCH3 is 1. The highest BCUT2D eigenvalue weighted by Gasteiger charge is 2.13. The minimum absolute atomic E-state index is 0.577. The van der Waals surface area contributed by atoms with E-state index >= 15 is 0 Å². The fourth-order valence-electron chi connectivity index (χ4n) is 2.87. The van der Waals surface area contributed by atoms with Gasteiger partial charge in [-0.3, -0.25) is 0 Å². The fraction of sp³-hybridized carbons (Fsp3) is 0.474. The molecule has 1 aliphatic rings. The molecule has 130 valence electrons. The molecule has 0 radical (unpaired) electrons. The van der Waals surface area contributed by atoms with Crippen molar-refractivity contribution in [2.45, 2.75) is 26.0 Å². The van der Waals surface area contributed by atoms with Gasteiger partial charge < -0.3 is 19.5 Å². The minimum atomic E-state index is 0.577. The molecule has 3 rings (SSSR count). The molecule has 0 bridgehead atoms. The first-order chi connectivity index (χ1) is 11.8. The number of hydrogen-bond donors (Lipinski definition) is 1. The van der Waals surface area contributed by atoms with Gasteiger partial charge in [-0.15, -0.1) is 11.3 Å². The number of thiophene rings is 1. The summed E-state index contributed by atoms with van der Waals surface area (Å²) < 4.78 is 16.9. The zero-order valence-corrected chi connectivity index (χ0v) is 14.9. The highest BCUT2D eigenvalue weighted by Crippen LogP contribution is 2.29. The summed E-state index contributed by atoms with van der Waals surface area (Å²) in [5, 5.41) is 5.58. The maximum Gasteiger partial charge on any atom is 0.161 e. The van der Waals surface area contributed by atoms with Crippen LogP contribution in [0.3, 0.4) is 0 Å². The SMILES string of the molecule is COc1cc(CNCC2CCCOC2)ccc1OCc1cccs1. The summed E-state index contributed by atoms with van der Waals surface area (Å²) in [7, 11) is 1.68. The van der Waals surface area contributed by atoms with Gasteiger partial charge in [0.2, 0.25) is 0 Å². The Labute approximate surface area is 147 Å². The third kappa shape index (κ3) is 4.97. The van der Waals surface area contributed by atoms with Gasteiger partial charge in [-0.25, -0.2) is 0 Å². The third-order valence-corrected chi connectivity index (χ3v) is 5.04. The van der Waals surface area contributed by atoms with E-state index in [0.717, 1.165) is 37.8 Å². The molecule has 2 heterocycles. The van der Waals surface area contributed by atoms with Crippen LogP contribution in [-0.2, 0) is 17.9 Å². The van der Waals surface area contributed by atoms with Crippen molar-refractivity contribution in [2.75, 3.05) is 26.9 Å². The van der Waals surface area contributed by atoms with E-state index in [1.54, 1.807) is 18.4 Å². The molecule has 4 nitrogen and oxygen atoms in total. The molecule has 0 aliphatic carbocycles. The largest absolute Gasteiger partial charge is 0.493 e. The average Bonchev–Trinajstić information content (AvgIpc) is 3.15. The normalized spacial score (nSPS) is 17.6. The minimum Gasteiger partial charge on any atom is -0.493 e. The molecule has 0 amide bonds. The first-order valence-electron chi connectivity index (χ1n) is 8.45. The number of rotatable bonds is 8. The lowest BCUT2D eigenvalue weighted by atomic mass is 10.0. The Morgan fingerprint density at radius 2 is 2.25 bits per heavy atom. The van der Waals surface area contributed by atoms with E-state index in [4.69, 9.17) is 14.2 Å². The molecule has 1 fully saturated rings. The van der Waals surface area contributed by atoms with Gasteiger partial charge >= 0.3 is 0 Å². The van der Waals surface area contributed by atoms with E-state index in [0.29, 0.717) is 12.5 Å². The van der Waals surface area contributed by atoms with Gasteiger partial charge in [0.05, 0.1) is 13.7 Å². The topological polar surface area (TPSA) is 39.7 Å². The molecule has 1 unspecified atom stereocenters. The molecule has 1 atom stereocenters. The quantitative estimate of drug-likeness (QED) is 0.787. The summed E-state index contributed by atoms with van der Waals surface area (Å²) in [6.07, 6.45) is 2.43. The summed E-state index contributed by atoms with van der Waals surface area (Å²) in [4.78, 5) is 1.21. The van der Waals surface area contributed by atoms with E-state index in [1.165, 1.54) is 23.3 Å². The van der Waals surface area contributed by atoms with Crippen molar-refractivity contribution in [2.24, 2.45) is 5.92 Å². The van der Waals surface area contributed by atoms with Gasteiger partial charge in [0.1, 0.15) is 6.61 Å². The van der Waals surface area contributed by atoms with E-state index in [1.807, 2.05) is 18.2 Å². The lowest BCUT2D eigenvalue weighted by Gasteiger charge is -2.22. The molecular formula is C19H25NO3S. The summed E-state index contributed by atoms with van der Waals surface area (Å²) in [6.45, 7) is 4.21. The van der Waals surface area contributed by atoms with Gasteiger partial charge in [0.25, 0.3) is 0 Å². The summed E-state index contributed by atoms with van der Waals surface area (Å²) in [5.41, 5.74) is 1.20. The molecule has 1 aromatic heterocycles. The molecule has 0 spiro atoms. The Hall–Kier alpha value is -1.56. The summed E-state index contributed by atoms with van der Waals surface area (Å²) in [6, 6.07) is 10.2. The first-order valence-corrected chi connectivity index (χ1v) is 9.33. The molecule has 0 saturated carbocycles. The second kappa shape index (κ2) is 9.06. The monoisotopic (exact) mass is 347 g/mol. The number of benzene rings is 1. The van der Waals surface area contributed by atoms with Crippen molar-refractivity contribution in [1.82, 2.24) is 5.32 Å². The Morgan fingerprint density at radius 3 is 3.00 bits per heavy atom. The van der Waals surface area contributed by atoms with Crippen molar-refractivity contribution in [3.05, 3.63) is 46.2 Å².